The molecule has 0 fully saturated rings. The summed E-state index contributed by atoms with van der Waals surface area (Å²) in [4.78, 5) is 11.8. The fourth-order valence-corrected chi connectivity index (χ4v) is 2.13. The van der Waals surface area contributed by atoms with Crippen LogP contribution in [0.3, 0.4) is 0 Å². The summed E-state index contributed by atoms with van der Waals surface area (Å²) in [7, 11) is 0. The molecule has 17 heavy (non-hydrogen) atoms. The lowest BCUT2D eigenvalue weighted by Crippen LogP contribution is -2.47. The van der Waals surface area contributed by atoms with Gasteiger partial charge in [0, 0.05) is 6.54 Å². The third-order valence-corrected chi connectivity index (χ3v) is 3.26. The van der Waals surface area contributed by atoms with Gasteiger partial charge in [-0.1, -0.05) is 48.0 Å². The molecule has 3 heteroatoms. The first-order chi connectivity index (χ1) is 7.69. The molecule has 0 aromatic heterocycles. The van der Waals surface area contributed by atoms with Gasteiger partial charge >= 0.3 is 0 Å². The van der Waals surface area contributed by atoms with Gasteiger partial charge in [-0.25, -0.2) is 0 Å². The van der Waals surface area contributed by atoms with Crippen LogP contribution < -0.4 is 11.1 Å². The van der Waals surface area contributed by atoms with Crippen molar-refractivity contribution in [3.8, 4) is 0 Å². The lowest BCUT2D eigenvalue weighted by molar-refractivity contribution is -0.123. The van der Waals surface area contributed by atoms with Gasteiger partial charge in [-0.3, -0.25) is 4.79 Å². The van der Waals surface area contributed by atoms with Gasteiger partial charge in [-0.15, -0.1) is 0 Å². The summed E-state index contributed by atoms with van der Waals surface area (Å²) < 4.78 is 0. The average molecular weight is 242 g/mol. The number of amides is 1. The topological polar surface area (TPSA) is 55.1 Å². The number of carbonyl (C=O) groups excluding carboxylic acids is 1. The van der Waals surface area contributed by atoms with Crippen LogP contribution in [-0.2, 0) is 4.79 Å². The average Bonchev–Trinajstić information content (AvgIpc) is 2.22. The molecule has 0 aromatic carbocycles. The first-order valence-corrected chi connectivity index (χ1v) is 6.73. The van der Waals surface area contributed by atoms with Crippen molar-refractivity contribution in [1.82, 2.24) is 5.32 Å². The highest BCUT2D eigenvalue weighted by molar-refractivity contribution is 5.81. The molecule has 2 unspecified atom stereocenters. The minimum Gasteiger partial charge on any atom is -0.354 e. The Morgan fingerprint density at radius 1 is 1.29 bits per heavy atom. The molecule has 102 valence electrons. The van der Waals surface area contributed by atoms with Crippen molar-refractivity contribution in [1.29, 1.82) is 0 Å². The van der Waals surface area contributed by atoms with Crippen molar-refractivity contribution in [2.45, 2.75) is 60.4 Å². The highest BCUT2D eigenvalue weighted by Gasteiger charge is 2.23. The van der Waals surface area contributed by atoms with Crippen molar-refractivity contribution < 1.29 is 4.79 Å². The molecule has 0 aliphatic heterocycles. The lowest BCUT2D eigenvalue weighted by Gasteiger charge is -2.28. The molecule has 0 saturated carbocycles. The molecule has 0 heterocycles. The van der Waals surface area contributed by atoms with E-state index in [0.29, 0.717) is 12.5 Å². The van der Waals surface area contributed by atoms with Crippen LogP contribution >= 0.6 is 0 Å². The number of nitrogens with one attached hydrogen (secondary N) is 1. The van der Waals surface area contributed by atoms with E-state index in [1.165, 1.54) is 0 Å². The minimum atomic E-state index is -0.380. The zero-order valence-electron chi connectivity index (χ0n) is 12.3. The van der Waals surface area contributed by atoms with Crippen LogP contribution in [0.25, 0.3) is 0 Å². The Morgan fingerprint density at radius 3 is 2.24 bits per heavy atom. The van der Waals surface area contributed by atoms with Gasteiger partial charge < -0.3 is 11.1 Å². The smallest absolute Gasteiger partial charge is 0.237 e. The minimum absolute atomic E-state index is 0.0174. The van der Waals surface area contributed by atoms with E-state index in [1.807, 2.05) is 6.92 Å². The molecule has 0 rings (SSSR count). The predicted octanol–water partition coefficient (Wildman–Crippen LogP) is 2.55. The Labute approximate surface area is 107 Å². The second-order valence-electron chi connectivity index (χ2n) is 6.39. The van der Waals surface area contributed by atoms with Gasteiger partial charge in [0.15, 0.2) is 0 Å². The van der Waals surface area contributed by atoms with Crippen molar-refractivity contribution in [3.05, 3.63) is 0 Å². The molecule has 1 amide bonds. The Kier molecular flexibility index (Phi) is 6.76. The van der Waals surface area contributed by atoms with E-state index in [9.17, 15) is 4.79 Å². The normalized spacial score (nSPS) is 15.8. The van der Waals surface area contributed by atoms with Crippen LogP contribution in [-0.4, -0.2) is 18.5 Å². The van der Waals surface area contributed by atoms with Gasteiger partial charge in [0.2, 0.25) is 5.91 Å². The summed E-state index contributed by atoms with van der Waals surface area (Å²) in [6.45, 7) is 13.5. The number of rotatable bonds is 7. The van der Waals surface area contributed by atoms with Gasteiger partial charge in [-0.05, 0) is 23.7 Å². The van der Waals surface area contributed by atoms with Gasteiger partial charge in [-0.2, -0.15) is 0 Å². The summed E-state index contributed by atoms with van der Waals surface area (Å²) in [5, 5.41) is 2.98. The molecule has 0 radical (unpaired) electrons. The Morgan fingerprint density at radius 2 is 1.82 bits per heavy atom. The van der Waals surface area contributed by atoms with Crippen molar-refractivity contribution >= 4 is 5.91 Å². The zero-order chi connectivity index (χ0) is 13.6. The summed E-state index contributed by atoms with van der Waals surface area (Å²) in [5.41, 5.74) is 6.03. The fourth-order valence-electron chi connectivity index (χ4n) is 2.13. The maximum atomic E-state index is 11.8. The monoisotopic (exact) mass is 242 g/mol. The second kappa shape index (κ2) is 7.00. The van der Waals surface area contributed by atoms with E-state index in [4.69, 9.17) is 5.73 Å². The van der Waals surface area contributed by atoms with Gasteiger partial charge in [0.1, 0.15) is 0 Å². The third-order valence-electron chi connectivity index (χ3n) is 3.26. The molecule has 3 nitrogen and oxygen atoms in total. The molecular weight excluding hydrogens is 212 g/mol. The summed E-state index contributed by atoms with van der Waals surface area (Å²) in [6.07, 6.45) is 2.04. The highest BCUT2D eigenvalue weighted by Crippen LogP contribution is 2.24. The van der Waals surface area contributed by atoms with E-state index in [2.05, 4.69) is 39.9 Å². The first kappa shape index (κ1) is 16.4. The fraction of sp³-hybridized carbons (Fsp3) is 0.929. The molecule has 0 spiro atoms. The summed E-state index contributed by atoms with van der Waals surface area (Å²) in [6, 6.07) is -0.380. The Bertz CT molecular complexity index is 236. The Hall–Kier alpha value is -0.570. The SMILES string of the molecule is CCC(C)C(N)C(=O)NCC(C)(C)CC(C)C. The molecule has 3 N–H and O–H groups in total. The van der Waals surface area contributed by atoms with Crippen LogP contribution in [0.1, 0.15) is 54.4 Å². The quantitative estimate of drug-likeness (QED) is 0.721. The standard InChI is InChI=1S/C14H30N2O/c1-7-11(4)12(15)13(17)16-9-14(5,6)8-10(2)3/h10-12H,7-9,15H2,1-6H3,(H,16,17). The highest BCUT2D eigenvalue weighted by atomic mass is 16.2. The maximum Gasteiger partial charge on any atom is 0.237 e. The summed E-state index contributed by atoms with van der Waals surface area (Å²) in [5.74, 6) is 0.865. The summed E-state index contributed by atoms with van der Waals surface area (Å²) >= 11 is 0. The molecule has 0 aliphatic rings. The van der Waals surface area contributed by atoms with Crippen LogP contribution in [0, 0.1) is 17.3 Å². The van der Waals surface area contributed by atoms with E-state index < -0.39 is 0 Å². The molecular formula is C14H30N2O. The number of hydrogen-bond donors (Lipinski definition) is 2. The van der Waals surface area contributed by atoms with Crippen LogP contribution in [0.15, 0.2) is 0 Å². The molecule has 0 saturated heterocycles. The largest absolute Gasteiger partial charge is 0.354 e. The van der Waals surface area contributed by atoms with Crippen LogP contribution in [0.2, 0.25) is 0 Å². The van der Waals surface area contributed by atoms with E-state index in [-0.39, 0.29) is 23.3 Å². The predicted molar refractivity (Wildman–Crippen MR) is 73.7 cm³/mol. The van der Waals surface area contributed by atoms with E-state index >= 15 is 0 Å². The van der Waals surface area contributed by atoms with Crippen molar-refractivity contribution in [2.24, 2.45) is 23.0 Å². The van der Waals surface area contributed by atoms with Crippen molar-refractivity contribution in [3.63, 3.8) is 0 Å². The van der Waals surface area contributed by atoms with Gasteiger partial charge in [0.25, 0.3) is 0 Å². The van der Waals surface area contributed by atoms with Crippen LogP contribution in [0.5, 0.6) is 0 Å². The Balaban J connectivity index is 4.15. The molecule has 0 bridgehead atoms. The van der Waals surface area contributed by atoms with E-state index in [1.54, 1.807) is 0 Å². The third kappa shape index (κ3) is 6.67. The van der Waals surface area contributed by atoms with Gasteiger partial charge in [0.05, 0.1) is 6.04 Å². The number of nitrogens with two attached hydrogens (primary N) is 1. The molecule has 2 atom stereocenters. The maximum absolute atomic E-state index is 11.8. The van der Waals surface area contributed by atoms with Crippen LogP contribution in [0.4, 0.5) is 0 Å². The lowest BCUT2D eigenvalue weighted by atomic mass is 9.84. The number of carbonyl (C=O) groups is 1. The van der Waals surface area contributed by atoms with Crippen molar-refractivity contribution in [2.75, 3.05) is 6.54 Å². The molecule has 0 aromatic rings. The molecule has 0 aliphatic carbocycles. The number of hydrogen-bond acceptors (Lipinski definition) is 2. The first-order valence-electron chi connectivity index (χ1n) is 6.73. The van der Waals surface area contributed by atoms with E-state index in [0.717, 1.165) is 12.8 Å². The zero-order valence-corrected chi connectivity index (χ0v) is 12.3. The second-order valence-corrected chi connectivity index (χ2v) is 6.39.